The molecule has 0 unspecified atom stereocenters. The van der Waals surface area contributed by atoms with Crippen molar-refractivity contribution in [3.8, 4) is 0 Å². The molecular weight excluding hydrogens is 388 g/mol. The minimum Gasteiger partial charge on any atom is -0.349 e. The van der Waals surface area contributed by atoms with Crippen LogP contribution in [0.3, 0.4) is 0 Å². The quantitative estimate of drug-likeness (QED) is 0.579. The van der Waals surface area contributed by atoms with E-state index in [-0.39, 0.29) is 55.1 Å². The summed E-state index contributed by atoms with van der Waals surface area (Å²) in [7, 11) is 0. The molecule has 29 heavy (non-hydrogen) atoms. The summed E-state index contributed by atoms with van der Waals surface area (Å²) in [5, 5.41) is 5.62. The van der Waals surface area contributed by atoms with Gasteiger partial charge >= 0.3 is 0 Å². The van der Waals surface area contributed by atoms with Gasteiger partial charge in [-0.3, -0.25) is 19.2 Å². The van der Waals surface area contributed by atoms with Crippen LogP contribution in [0.4, 0.5) is 5.69 Å². The van der Waals surface area contributed by atoms with Gasteiger partial charge in [0.25, 0.3) is 5.91 Å². The van der Waals surface area contributed by atoms with Gasteiger partial charge < -0.3 is 10.6 Å². The van der Waals surface area contributed by atoms with Gasteiger partial charge in [-0.25, -0.2) is 0 Å². The first kappa shape index (κ1) is 20.9. The van der Waals surface area contributed by atoms with Crippen LogP contribution in [0.25, 0.3) is 0 Å². The van der Waals surface area contributed by atoms with Gasteiger partial charge in [0, 0.05) is 36.6 Å². The molecule has 0 atom stereocenters. The van der Waals surface area contributed by atoms with Crippen LogP contribution in [-0.2, 0) is 9.59 Å². The Bertz CT molecular complexity index is 930. The fourth-order valence-electron chi connectivity index (χ4n) is 2.83. The van der Waals surface area contributed by atoms with Crippen LogP contribution in [0.5, 0.6) is 0 Å². The third kappa shape index (κ3) is 6.35. The van der Waals surface area contributed by atoms with Crippen molar-refractivity contribution in [3.05, 3.63) is 51.7 Å². The molecule has 0 aliphatic heterocycles. The highest BCUT2D eigenvalue weighted by Gasteiger charge is 2.25. The van der Waals surface area contributed by atoms with E-state index in [0.717, 1.165) is 17.7 Å². The molecule has 0 radical (unpaired) electrons. The summed E-state index contributed by atoms with van der Waals surface area (Å²) >= 11 is 1.42. The molecular formula is C22H24N2O4S. The predicted molar refractivity (Wildman–Crippen MR) is 112 cm³/mol. The summed E-state index contributed by atoms with van der Waals surface area (Å²) in [6, 6.07) is 10.7. The van der Waals surface area contributed by atoms with Crippen molar-refractivity contribution in [1.29, 1.82) is 0 Å². The van der Waals surface area contributed by atoms with Crippen molar-refractivity contribution < 1.29 is 19.2 Å². The van der Waals surface area contributed by atoms with E-state index in [1.165, 1.54) is 11.3 Å². The number of carbonyl (C=O) groups excluding carboxylic acids is 4. The number of hydrogen-bond donors (Lipinski definition) is 2. The Morgan fingerprint density at radius 1 is 0.966 bits per heavy atom. The minimum absolute atomic E-state index is 0.0176. The molecule has 0 saturated heterocycles. The summed E-state index contributed by atoms with van der Waals surface area (Å²) in [6.07, 6.45) is 2.34. The number of carbonyl (C=O) groups is 4. The van der Waals surface area contributed by atoms with Gasteiger partial charge in [0.15, 0.2) is 5.78 Å². The van der Waals surface area contributed by atoms with Gasteiger partial charge in [-0.05, 0) is 44.0 Å². The Hall–Kier alpha value is -2.80. The average Bonchev–Trinajstić information content (AvgIpc) is 3.41. The number of ketones is 2. The fraction of sp³-hybridized carbons (Fsp3) is 0.364. The Morgan fingerprint density at radius 2 is 1.69 bits per heavy atom. The van der Waals surface area contributed by atoms with E-state index in [1.807, 2.05) is 13.0 Å². The van der Waals surface area contributed by atoms with E-state index in [2.05, 4.69) is 10.6 Å². The summed E-state index contributed by atoms with van der Waals surface area (Å²) in [6.45, 7) is 1.93. The van der Waals surface area contributed by atoms with Gasteiger partial charge in [-0.1, -0.05) is 12.1 Å². The van der Waals surface area contributed by atoms with Crippen molar-refractivity contribution >= 4 is 40.4 Å². The number of amides is 2. The van der Waals surface area contributed by atoms with Crippen molar-refractivity contribution in [2.75, 3.05) is 5.32 Å². The number of para-hydroxylation sites is 1. The average molecular weight is 413 g/mol. The number of anilines is 1. The molecule has 1 fully saturated rings. The highest BCUT2D eigenvalue weighted by molar-refractivity contribution is 7.14. The van der Waals surface area contributed by atoms with Crippen molar-refractivity contribution in [3.63, 3.8) is 0 Å². The Morgan fingerprint density at radius 3 is 2.38 bits per heavy atom. The standard InChI is InChI=1S/C22H24N2O4S/c1-14-6-12-20(29-14)19(26)11-9-16(25)10-13-21(27)24-18-5-3-2-4-17(18)22(28)23-15-7-8-15/h2-6,12,15H,7-11,13H2,1H3,(H,23,28)(H,24,27). The van der Waals surface area contributed by atoms with E-state index < -0.39 is 0 Å². The Labute approximate surface area is 173 Å². The van der Waals surface area contributed by atoms with Gasteiger partial charge in [0.2, 0.25) is 5.91 Å². The van der Waals surface area contributed by atoms with Crippen LogP contribution in [0.2, 0.25) is 0 Å². The minimum atomic E-state index is -0.328. The number of aryl methyl sites for hydroxylation is 1. The highest BCUT2D eigenvalue weighted by Crippen LogP contribution is 2.22. The van der Waals surface area contributed by atoms with Gasteiger partial charge in [-0.15, -0.1) is 11.3 Å². The lowest BCUT2D eigenvalue weighted by Gasteiger charge is -2.11. The molecule has 2 aromatic rings. The summed E-state index contributed by atoms with van der Waals surface area (Å²) < 4.78 is 0. The number of Topliss-reactive ketones (excluding diaryl/α,β-unsaturated/α-hetero) is 2. The maximum Gasteiger partial charge on any atom is 0.253 e. The van der Waals surface area contributed by atoms with Crippen LogP contribution in [0.15, 0.2) is 36.4 Å². The summed E-state index contributed by atoms with van der Waals surface area (Å²) in [5.41, 5.74) is 0.849. The molecule has 1 aliphatic carbocycles. The maximum atomic E-state index is 12.3. The maximum absolute atomic E-state index is 12.3. The number of nitrogens with one attached hydrogen (secondary N) is 2. The SMILES string of the molecule is Cc1ccc(C(=O)CCC(=O)CCC(=O)Nc2ccccc2C(=O)NC2CC2)s1. The monoisotopic (exact) mass is 412 g/mol. The second-order valence-electron chi connectivity index (χ2n) is 7.21. The zero-order valence-corrected chi connectivity index (χ0v) is 17.1. The topological polar surface area (TPSA) is 92.3 Å². The van der Waals surface area contributed by atoms with Crippen LogP contribution in [0, 0.1) is 6.92 Å². The molecule has 6 nitrogen and oxygen atoms in total. The molecule has 2 amide bonds. The number of benzene rings is 1. The molecule has 7 heteroatoms. The molecule has 1 aromatic heterocycles. The third-order valence-corrected chi connectivity index (χ3v) is 5.68. The Balaban J connectivity index is 1.44. The molecule has 3 rings (SSSR count). The smallest absolute Gasteiger partial charge is 0.253 e. The normalized spacial score (nSPS) is 13.0. The molecule has 1 heterocycles. The largest absolute Gasteiger partial charge is 0.349 e. The molecule has 1 saturated carbocycles. The number of hydrogen-bond acceptors (Lipinski definition) is 5. The first-order valence-corrected chi connectivity index (χ1v) is 10.5. The zero-order chi connectivity index (χ0) is 20.8. The molecule has 0 spiro atoms. The van der Waals surface area contributed by atoms with Gasteiger partial charge in [0.1, 0.15) is 5.78 Å². The summed E-state index contributed by atoms with van der Waals surface area (Å²) in [4.78, 5) is 50.3. The van der Waals surface area contributed by atoms with Gasteiger partial charge in [-0.2, -0.15) is 0 Å². The molecule has 0 bridgehead atoms. The molecule has 2 N–H and O–H groups in total. The number of thiophene rings is 1. The third-order valence-electron chi connectivity index (χ3n) is 4.64. The summed E-state index contributed by atoms with van der Waals surface area (Å²) in [5.74, 6) is -0.704. The van der Waals surface area contributed by atoms with Crippen molar-refractivity contribution in [1.82, 2.24) is 5.32 Å². The second-order valence-corrected chi connectivity index (χ2v) is 8.50. The number of rotatable bonds is 10. The Kier molecular flexibility index (Phi) is 6.93. The lowest BCUT2D eigenvalue weighted by molar-refractivity contribution is -0.122. The van der Waals surface area contributed by atoms with Crippen LogP contribution in [-0.4, -0.2) is 29.4 Å². The predicted octanol–water partition coefficient (Wildman–Crippen LogP) is 3.90. The van der Waals surface area contributed by atoms with Crippen LogP contribution < -0.4 is 10.6 Å². The lowest BCUT2D eigenvalue weighted by Crippen LogP contribution is -2.27. The van der Waals surface area contributed by atoms with E-state index in [1.54, 1.807) is 30.3 Å². The van der Waals surface area contributed by atoms with Crippen molar-refractivity contribution in [2.45, 2.75) is 51.5 Å². The fourth-order valence-corrected chi connectivity index (χ4v) is 3.67. The van der Waals surface area contributed by atoms with E-state index in [9.17, 15) is 19.2 Å². The highest BCUT2D eigenvalue weighted by atomic mass is 32.1. The zero-order valence-electron chi connectivity index (χ0n) is 16.3. The lowest BCUT2D eigenvalue weighted by atomic mass is 10.1. The van der Waals surface area contributed by atoms with Gasteiger partial charge in [0.05, 0.1) is 16.1 Å². The van der Waals surface area contributed by atoms with Crippen LogP contribution in [0.1, 0.15) is 63.4 Å². The van der Waals surface area contributed by atoms with Crippen LogP contribution >= 0.6 is 11.3 Å². The second kappa shape index (κ2) is 9.60. The molecule has 1 aliphatic rings. The van der Waals surface area contributed by atoms with Crippen molar-refractivity contribution in [2.24, 2.45) is 0 Å². The first-order valence-electron chi connectivity index (χ1n) is 9.73. The molecule has 1 aromatic carbocycles. The van der Waals surface area contributed by atoms with E-state index in [4.69, 9.17) is 0 Å². The van der Waals surface area contributed by atoms with E-state index in [0.29, 0.717) is 16.1 Å². The first-order chi connectivity index (χ1) is 13.9. The van der Waals surface area contributed by atoms with E-state index >= 15 is 0 Å². The molecule has 152 valence electrons.